The quantitative estimate of drug-likeness (QED) is 0.472. The van der Waals surface area contributed by atoms with Crippen LogP contribution in [-0.4, -0.2) is 10.3 Å². The first-order valence-corrected chi connectivity index (χ1v) is 6.79. The second-order valence-electron chi connectivity index (χ2n) is 5.16. The largest absolute Gasteiger partial charge is 0.309 e. The van der Waals surface area contributed by atoms with E-state index in [1.165, 1.54) is 0 Å². The van der Waals surface area contributed by atoms with E-state index >= 15 is 0 Å². The van der Waals surface area contributed by atoms with E-state index < -0.39 is 7.14 Å². The molecule has 3 heteroatoms. The van der Waals surface area contributed by atoms with E-state index in [1.54, 1.807) is 0 Å². The molecule has 0 fully saturated rings. The summed E-state index contributed by atoms with van der Waals surface area (Å²) in [5, 5.41) is -0.516. The molecule has 0 bridgehead atoms. The summed E-state index contributed by atoms with van der Waals surface area (Å²) >= 11 is 3.04. The number of hydrogen-bond acceptors (Lipinski definition) is 1. The number of halogens is 1. The van der Waals surface area contributed by atoms with Crippen molar-refractivity contribution < 1.29 is 4.57 Å². The monoisotopic (exact) mass is 264 g/mol. The lowest BCUT2D eigenvalue weighted by Crippen LogP contribution is -2.27. The zero-order valence-electron chi connectivity index (χ0n) is 9.23. The lowest BCUT2D eigenvalue weighted by atomic mass is 10.2. The van der Waals surface area contributed by atoms with Crippen molar-refractivity contribution in [3.63, 3.8) is 0 Å². The topological polar surface area (TPSA) is 17.1 Å². The predicted octanol–water partition coefficient (Wildman–Crippen LogP) is 4.26. The van der Waals surface area contributed by atoms with Gasteiger partial charge in [-0.15, -0.1) is 0 Å². The number of rotatable bonds is 0. The van der Waals surface area contributed by atoms with Gasteiger partial charge in [-0.25, -0.2) is 0 Å². The highest BCUT2D eigenvalue weighted by molar-refractivity contribution is 9.12. The van der Waals surface area contributed by atoms with Crippen molar-refractivity contribution in [3.05, 3.63) is 0 Å². The van der Waals surface area contributed by atoms with Crippen molar-refractivity contribution in [1.29, 1.82) is 0 Å². The van der Waals surface area contributed by atoms with Crippen LogP contribution in [0.15, 0.2) is 0 Å². The molecule has 0 aromatic rings. The van der Waals surface area contributed by atoms with Gasteiger partial charge in [0, 0.05) is 26.2 Å². The number of hydrogen-bond donors (Lipinski definition) is 0. The average molecular weight is 265 g/mol. The van der Waals surface area contributed by atoms with Crippen molar-refractivity contribution in [3.8, 4) is 10.5 Å². The maximum absolute atomic E-state index is 12.7. The first-order valence-electron chi connectivity index (χ1n) is 4.29. The molecule has 0 aromatic heterocycles. The Morgan fingerprint density at radius 3 is 1.38 bits per heavy atom. The standard InChI is InChI=1S/C10H18BrOP/c1-9(2,3)13(12,8-7-11)10(4,5)6/h1-6H3. The van der Waals surface area contributed by atoms with Crippen LogP contribution in [0.4, 0.5) is 0 Å². The molecule has 0 amide bonds. The minimum absolute atomic E-state index is 0.258. The minimum atomic E-state index is -2.49. The Labute approximate surface area is 90.2 Å². The van der Waals surface area contributed by atoms with Crippen molar-refractivity contribution >= 4 is 23.1 Å². The molecule has 0 unspecified atom stereocenters. The van der Waals surface area contributed by atoms with Gasteiger partial charge in [0.25, 0.3) is 0 Å². The smallest absolute Gasteiger partial charge is 0.165 e. The molecule has 13 heavy (non-hydrogen) atoms. The molecule has 0 spiro atoms. The Hall–Kier alpha value is 0.270. The molecule has 0 N–H and O–H groups in total. The van der Waals surface area contributed by atoms with Gasteiger partial charge in [-0.1, -0.05) is 41.5 Å². The second kappa shape index (κ2) is 3.79. The normalized spacial score (nSPS) is 13.5. The third kappa shape index (κ3) is 2.61. The molecule has 0 radical (unpaired) electrons. The SMILES string of the molecule is CC(C)(C)P(=O)(C#CBr)C(C)(C)C. The Bertz CT molecular complexity index is 265. The molecule has 0 aliphatic rings. The summed E-state index contributed by atoms with van der Waals surface area (Å²) in [5.74, 6) is 0. The van der Waals surface area contributed by atoms with E-state index in [-0.39, 0.29) is 10.3 Å². The van der Waals surface area contributed by atoms with E-state index in [4.69, 9.17) is 0 Å². The third-order valence-corrected chi connectivity index (χ3v) is 6.80. The molecule has 0 aromatic carbocycles. The van der Waals surface area contributed by atoms with Gasteiger partial charge in [0.1, 0.15) is 0 Å². The van der Waals surface area contributed by atoms with Crippen molar-refractivity contribution in [2.45, 2.75) is 51.9 Å². The lowest BCUT2D eigenvalue weighted by molar-refractivity contribution is 0.528. The summed E-state index contributed by atoms with van der Waals surface area (Å²) in [6.07, 6.45) is 0. The molecule has 0 heterocycles. The molecule has 76 valence electrons. The van der Waals surface area contributed by atoms with E-state index in [1.807, 2.05) is 41.5 Å². The highest BCUT2D eigenvalue weighted by atomic mass is 79.9. The van der Waals surface area contributed by atoms with Gasteiger partial charge >= 0.3 is 0 Å². The molecule has 0 rings (SSSR count). The zero-order valence-corrected chi connectivity index (χ0v) is 11.7. The zero-order chi connectivity index (χ0) is 10.9. The summed E-state index contributed by atoms with van der Waals surface area (Å²) < 4.78 is 12.7. The summed E-state index contributed by atoms with van der Waals surface area (Å²) in [6.45, 7) is 11.9. The summed E-state index contributed by atoms with van der Waals surface area (Å²) in [7, 11) is -2.49. The van der Waals surface area contributed by atoms with Crippen LogP contribution in [0.5, 0.6) is 0 Å². The first kappa shape index (κ1) is 13.3. The highest BCUT2D eigenvalue weighted by Gasteiger charge is 2.44. The summed E-state index contributed by atoms with van der Waals surface area (Å²) in [5.41, 5.74) is 2.86. The van der Waals surface area contributed by atoms with Crippen molar-refractivity contribution in [2.75, 3.05) is 0 Å². The molecular weight excluding hydrogens is 247 g/mol. The molecule has 0 saturated carbocycles. The average Bonchev–Trinajstić information content (AvgIpc) is 1.82. The fourth-order valence-corrected chi connectivity index (χ4v) is 4.95. The molecule has 0 saturated heterocycles. The fraction of sp³-hybridized carbons (Fsp3) is 0.800. The Kier molecular flexibility index (Phi) is 3.87. The highest BCUT2D eigenvalue weighted by Crippen LogP contribution is 2.66. The van der Waals surface area contributed by atoms with E-state index in [9.17, 15) is 4.57 Å². The van der Waals surface area contributed by atoms with Gasteiger partial charge in [-0.2, -0.15) is 0 Å². The molecule has 0 atom stereocenters. The Morgan fingerprint density at radius 1 is 1.00 bits per heavy atom. The van der Waals surface area contributed by atoms with Gasteiger partial charge in [0.05, 0.1) is 0 Å². The van der Waals surface area contributed by atoms with E-state index in [0.717, 1.165) is 0 Å². The lowest BCUT2D eigenvalue weighted by Gasteiger charge is -2.36. The van der Waals surface area contributed by atoms with Gasteiger partial charge < -0.3 is 4.57 Å². The molecule has 0 aliphatic heterocycles. The summed E-state index contributed by atoms with van der Waals surface area (Å²) in [6, 6.07) is 0. The predicted molar refractivity (Wildman–Crippen MR) is 63.8 cm³/mol. The fourth-order valence-electron chi connectivity index (χ4n) is 1.40. The maximum Gasteiger partial charge on any atom is 0.165 e. The molecule has 1 nitrogen and oxygen atoms in total. The van der Waals surface area contributed by atoms with Crippen LogP contribution in [0.2, 0.25) is 0 Å². The van der Waals surface area contributed by atoms with Crippen LogP contribution >= 0.6 is 23.1 Å². The van der Waals surface area contributed by atoms with Gasteiger partial charge in [0.15, 0.2) is 7.14 Å². The maximum atomic E-state index is 12.7. The van der Waals surface area contributed by atoms with Crippen LogP contribution in [0.1, 0.15) is 41.5 Å². The van der Waals surface area contributed by atoms with Gasteiger partial charge in [-0.05, 0) is 10.5 Å². The third-order valence-electron chi connectivity index (χ3n) is 2.09. The van der Waals surface area contributed by atoms with Crippen LogP contribution < -0.4 is 0 Å². The Morgan fingerprint density at radius 2 is 1.31 bits per heavy atom. The van der Waals surface area contributed by atoms with Crippen molar-refractivity contribution in [2.24, 2.45) is 0 Å². The van der Waals surface area contributed by atoms with Crippen LogP contribution in [-0.2, 0) is 4.57 Å². The van der Waals surface area contributed by atoms with Gasteiger partial charge in [0.2, 0.25) is 0 Å². The summed E-state index contributed by atoms with van der Waals surface area (Å²) in [4.78, 5) is 2.62. The van der Waals surface area contributed by atoms with Crippen LogP contribution in [0.3, 0.4) is 0 Å². The minimum Gasteiger partial charge on any atom is -0.309 e. The van der Waals surface area contributed by atoms with Crippen LogP contribution in [0.25, 0.3) is 0 Å². The first-order chi connectivity index (χ1) is 5.56. The van der Waals surface area contributed by atoms with E-state index in [0.29, 0.717) is 0 Å². The molecule has 0 aliphatic carbocycles. The van der Waals surface area contributed by atoms with Crippen LogP contribution in [0, 0.1) is 10.5 Å². The van der Waals surface area contributed by atoms with Gasteiger partial charge in [-0.3, -0.25) is 0 Å². The van der Waals surface area contributed by atoms with Crippen molar-refractivity contribution in [1.82, 2.24) is 0 Å². The second-order valence-corrected chi connectivity index (χ2v) is 9.68. The Balaban J connectivity index is 5.46. The molecular formula is C10H18BrOP. The van der Waals surface area contributed by atoms with E-state index in [2.05, 4.69) is 26.4 Å².